The van der Waals surface area contributed by atoms with Crippen molar-refractivity contribution >= 4 is 48.8 Å². The van der Waals surface area contributed by atoms with Crippen molar-refractivity contribution in [2.24, 2.45) is 0 Å². The zero-order valence-electron chi connectivity index (χ0n) is 66.4. The Labute approximate surface area is 669 Å². The third-order valence-electron chi connectivity index (χ3n) is 16.7. The number of hydrogen-bond donors (Lipinski definition) is 9. The lowest BCUT2D eigenvalue weighted by Crippen LogP contribution is -2.49. The van der Waals surface area contributed by atoms with Crippen LogP contribution in [0.25, 0.3) is 0 Å². The van der Waals surface area contributed by atoms with Crippen LogP contribution in [0.1, 0.15) is 71.2 Å². The molecule has 0 radical (unpaired) electrons. The number of nitrogens with one attached hydrogen (secondary N) is 1. The molecule has 4 aromatic rings. The Kier molecular flexibility index (Phi) is 64.3. The van der Waals surface area contributed by atoms with Gasteiger partial charge in [-0.25, -0.2) is 0 Å². The molecule has 0 aliphatic heterocycles. The molecule has 111 heavy (non-hydrogen) atoms. The minimum atomic E-state index is -4.10. The van der Waals surface area contributed by atoms with E-state index in [1.807, 2.05) is 42.4 Å². The van der Waals surface area contributed by atoms with E-state index in [1.54, 1.807) is 58.3 Å². The van der Waals surface area contributed by atoms with Gasteiger partial charge >= 0.3 is 0 Å². The van der Waals surface area contributed by atoms with Gasteiger partial charge in [0.05, 0.1) is 92.3 Å². The Bertz CT molecular complexity index is 3050. The fraction of sp³-hybridized carbons (Fsp3) is 0.605. The number of benzene rings is 4. The predicted octanol–water partition coefficient (Wildman–Crippen LogP) is 7.02. The highest BCUT2D eigenvalue weighted by Gasteiger charge is 2.37. The predicted molar refractivity (Wildman–Crippen MR) is 444 cm³/mol. The van der Waals surface area contributed by atoms with Crippen molar-refractivity contribution in [3.05, 3.63) is 159 Å². The molecule has 0 fully saturated rings. The number of aliphatic hydroxyl groups excluding tert-OH is 5. The van der Waals surface area contributed by atoms with E-state index >= 15 is 0 Å². The summed E-state index contributed by atoms with van der Waals surface area (Å²) in [5, 5.41) is 78.9. The van der Waals surface area contributed by atoms with E-state index in [-0.39, 0.29) is 158 Å². The highest BCUT2D eigenvalue weighted by atomic mass is 32.2. The van der Waals surface area contributed by atoms with E-state index in [4.69, 9.17) is 36.7 Å². The summed E-state index contributed by atoms with van der Waals surface area (Å²) < 4.78 is 130. The molecule has 0 saturated heterocycles. The van der Waals surface area contributed by atoms with Crippen LogP contribution in [0.2, 0.25) is 18.1 Å². The molecule has 9 N–H and O–H groups in total. The summed E-state index contributed by atoms with van der Waals surface area (Å²) in [5.74, 6) is 0. The van der Waals surface area contributed by atoms with Gasteiger partial charge in [0.2, 0.25) is 0 Å². The summed E-state index contributed by atoms with van der Waals surface area (Å²) in [7, 11) is -17.9. The monoisotopic (exact) mass is 1670 g/mol. The van der Waals surface area contributed by atoms with Crippen LogP contribution >= 0.6 is 0 Å². The van der Waals surface area contributed by atoms with Crippen molar-refractivity contribution in [1.29, 1.82) is 0 Å². The molecular formula is C76H141N9O21S4Si. The number of rotatable bonds is 53. The van der Waals surface area contributed by atoms with Gasteiger partial charge in [-0.3, -0.25) is 56.5 Å². The number of hydrogen-bond acceptors (Lipinski definition) is 30. The summed E-state index contributed by atoms with van der Waals surface area (Å²) in [5.41, 5.74) is 3.49. The topological polar surface area (TPSA) is 383 Å². The second-order valence-electron chi connectivity index (χ2n) is 26.1. The summed E-state index contributed by atoms with van der Waals surface area (Å²) in [6, 6.07) is 24.7. The number of aryl methyl sites for hydroxylation is 4. The first-order valence-corrected chi connectivity index (χ1v) is 44.8. The summed E-state index contributed by atoms with van der Waals surface area (Å²) in [4.78, 5) is 11.3. The maximum absolute atomic E-state index is 12.9. The molecule has 30 nitrogen and oxygen atoms in total. The molecule has 0 atom stereocenters. The van der Waals surface area contributed by atoms with Crippen LogP contribution < -0.4 is 5.32 Å². The Balaban J connectivity index is -0.000000880. The van der Waals surface area contributed by atoms with Gasteiger partial charge < -0.3 is 40.5 Å². The number of hydroxylamine groups is 4. The minimum Gasteiger partial charge on any atom is -0.416 e. The molecule has 35 heteroatoms. The lowest BCUT2D eigenvalue weighted by Gasteiger charge is -2.36. The molecule has 0 amide bonds. The second-order valence-corrected chi connectivity index (χ2v) is 37.4. The lowest BCUT2D eigenvalue weighted by atomic mass is 10.2. The van der Waals surface area contributed by atoms with Gasteiger partial charge in [-0.15, -0.1) is 39.5 Å². The molecule has 0 heterocycles. The zero-order valence-corrected chi connectivity index (χ0v) is 70.7. The average Bonchev–Trinajstić information content (AvgIpc) is 0.870. The smallest absolute Gasteiger partial charge is 0.297 e. The lowest BCUT2D eigenvalue weighted by molar-refractivity contribution is -0.307. The maximum Gasteiger partial charge on any atom is 0.297 e. The van der Waals surface area contributed by atoms with Gasteiger partial charge in [0.15, 0.2) is 8.32 Å². The Morgan fingerprint density at radius 3 is 0.847 bits per heavy atom. The maximum atomic E-state index is 12.9. The summed E-state index contributed by atoms with van der Waals surface area (Å²) in [6.45, 7) is 46.6. The standard InChI is InChI=1S/C38H48N2O12S4.C19H46N6O8.C11H27NOSi.3C2H4.2CH4/c1-31-5-13-35(14-6-31)53(41,42)49-27-23-39(24-28-50-54(43,44)36-15-7-32(2)8-16-36)21-22-40(25-29-51-55(45,46)37-17-9-33(3)10-18-37)26-30-52-56(47,48)38-19-11-34(4)12-20-38;26-14-9-20(10-15-27)1-3-22(4-2-21(11-16-28)12-17-29)19-23(6-8-25(32)33)5-7-24(31)13-18-30;1-7-8-12-9-10-13-14(5,6)11(2,3)4;3*1-2;;/h5-20H,21-30H2,1-4H3;26-33H,1-19H2;12H,7-10H2,1-6H3;3*1-2H2;2*1H4. The zero-order chi connectivity index (χ0) is 83.1. The largest absolute Gasteiger partial charge is 0.416 e. The Morgan fingerprint density at radius 2 is 0.604 bits per heavy atom. The first-order valence-electron chi connectivity index (χ1n) is 36.2. The number of aliphatic hydroxyl groups is 5. The first-order chi connectivity index (χ1) is 51.6. The fourth-order valence-corrected chi connectivity index (χ4v) is 14.0. The SMILES string of the molecule is C.C.C=C.C=C.C=C.CCCNCCO[Si](C)(C)C(C)(C)C.Cc1ccc(S(=O)(=O)OCCN(CCOS(=O)(=O)c2ccc(C)cc2)CCN(CCOS(=O)(=O)c2ccc(C)cc2)CCOS(=O)(=O)c2ccc(C)cc2)cc1.OCCN(O)CCN(CCN(O)O)CN(CCN(CCO)CCO)CCN(CCO)CCO. The highest BCUT2D eigenvalue weighted by molar-refractivity contribution is 7.87. The van der Waals surface area contributed by atoms with Crippen LogP contribution in [-0.2, 0) is 61.6 Å². The molecule has 0 saturated carbocycles. The van der Waals surface area contributed by atoms with E-state index < -0.39 is 48.8 Å². The van der Waals surface area contributed by atoms with Crippen LogP contribution in [0, 0.1) is 27.7 Å². The van der Waals surface area contributed by atoms with Crippen molar-refractivity contribution in [2.45, 2.75) is 114 Å². The van der Waals surface area contributed by atoms with E-state index in [1.165, 1.54) is 55.0 Å². The van der Waals surface area contributed by atoms with Crippen molar-refractivity contribution in [1.82, 2.24) is 45.0 Å². The molecule has 4 rings (SSSR count). The third kappa shape index (κ3) is 51.0. The minimum absolute atomic E-state index is 0. The Hall–Kier alpha value is -4.76. The first kappa shape index (κ1) is 113. The fourth-order valence-electron chi connectivity index (χ4n) is 9.35. The van der Waals surface area contributed by atoms with Crippen LogP contribution in [0.15, 0.2) is 156 Å². The van der Waals surface area contributed by atoms with Gasteiger partial charge in [-0.2, -0.15) is 38.7 Å². The average molecular weight is 1670 g/mol. The third-order valence-corrected chi connectivity index (χ3v) is 26.6. The molecule has 0 unspecified atom stereocenters. The second kappa shape index (κ2) is 63.5. The molecule has 0 aliphatic rings. The van der Waals surface area contributed by atoms with Crippen LogP contribution in [0.5, 0.6) is 0 Å². The molecule has 0 spiro atoms. The van der Waals surface area contributed by atoms with Crippen LogP contribution in [0.3, 0.4) is 0 Å². The summed E-state index contributed by atoms with van der Waals surface area (Å²) in [6.07, 6.45) is 1.19. The van der Waals surface area contributed by atoms with E-state index in [2.05, 4.69) is 90.5 Å². The van der Waals surface area contributed by atoms with Crippen molar-refractivity contribution in [3.63, 3.8) is 0 Å². The quantitative estimate of drug-likeness (QED) is 0.00535. The molecule has 4 aromatic carbocycles. The van der Waals surface area contributed by atoms with Gasteiger partial charge in [-0.05, 0) is 107 Å². The van der Waals surface area contributed by atoms with Gasteiger partial charge in [0.1, 0.15) is 0 Å². The van der Waals surface area contributed by atoms with Crippen LogP contribution in [-0.4, -0.2) is 333 Å². The van der Waals surface area contributed by atoms with Crippen molar-refractivity contribution < 1.29 is 96.0 Å². The Morgan fingerprint density at radius 1 is 0.360 bits per heavy atom. The van der Waals surface area contributed by atoms with Gasteiger partial charge in [-0.1, -0.05) is 119 Å². The van der Waals surface area contributed by atoms with Crippen molar-refractivity contribution in [2.75, 3.05) is 210 Å². The van der Waals surface area contributed by atoms with Crippen LogP contribution in [0.4, 0.5) is 0 Å². The normalized spacial score (nSPS) is 11.9. The molecule has 644 valence electrons. The van der Waals surface area contributed by atoms with Crippen molar-refractivity contribution in [3.8, 4) is 0 Å². The molecule has 0 bridgehead atoms. The van der Waals surface area contributed by atoms with E-state index in [0.29, 0.717) is 77.2 Å². The van der Waals surface area contributed by atoms with Gasteiger partial charge in [0.25, 0.3) is 40.5 Å². The molecule has 0 aliphatic carbocycles. The number of nitrogens with zero attached hydrogens (tertiary/aromatic N) is 8. The van der Waals surface area contributed by atoms with E-state index in [9.17, 15) is 59.3 Å². The molecule has 0 aromatic heterocycles. The van der Waals surface area contributed by atoms with E-state index in [0.717, 1.165) is 47.0 Å². The van der Waals surface area contributed by atoms with Gasteiger partial charge in [0, 0.05) is 131 Å². The highest BCUT2D eigenvalue weighted by Crippen LogP contribution is 2.36. The summed E-state index contributed by atoms with van der Waals surface area (Å²) >= 11 is 0. The molecular weight excluding hydrogens is 1530 g/mol.